The number of hydrogen-bond donors (Lipinski definition) is 3. The van der Waals surface area contributed by atoms with Crippen LogP contribution in [0.3, 0.4) is 0 Å². The Bertz CT molecular complexity index is 1110. The molecule has 1 aromatic heterocycles. The number of ether oxygens (including phenoxy) is 1. The van der Waals surface area contributed by atoms with E-state index in [1.807, 2.05) is 66.7 Å². The van der Waals surface area contributed by atoms with Gasteiger partial charge in [0.05, 0.1) is 16.8 Å². The second kappa shape index (κ2) is 8.57. The molecule has 0 bridgehead atoms. The number of nitrogens with zero attached hydrogens (tertiary/aromatic N) is 1. The van der Waals surface area contributed by atoms with Crippen molar-refractivity contribution in [2.24, 2.45) is 0 Å². The van der Waals surface area contributed by atoms with Crippen LogP contribution in [0.2, 0.25) is 0 Å². The summed E-state index contributed by atoms with van der Waals surface area (Å²) in [6.07, 6.45) is -2.98. The monoisotopic (exact) mass is 408 g/mol. The van der Waals surface area contributed by atoms with Crippen LogP contribution in [0.25, 0.3) is 21.0 Å². The molecule has 1 heterocycles. The Morgan fingerprint density at radius 2 is 1.79 bits per heavy atom. The molecule has 148 valence electrons. The minimum Gasteiger partial charge on any atom is -0.492 e. The lowest BCUT2D eigenvalue weighted by Gasteiger charge is -2.15. The third-order valence-corrected chi connectivity index (χ3v) is 5.63. The van der Waals surface area contributed by atoms with E-state index in [1.165, 1.54) is 11.3 Å². The zero-order chi connectivity index (χ0) is 20.2. The summed E-state index contributed by atoms with van der Waals surface area (Å²) in [4.78, 5) is 16.4. The van der Waals surface area contributed by atoms with E-state index < -0.39 is 18.1 Å². The van der Waals surface area contributed by atoms with Crippen molar-refractivity contribution < 1.29 is 19.7 Å². The standard InChI is InChI=1S/C22H20N2O4S/c25-19(20(26)22-24-17-7-3-4-8-18(17)29-22)21(27)23-11-12-28-16-10-9-14-5-1-2-6-15(14)13-16/h1-10,13,19-20,25-26H,11-12H2,(H,23,27). The van der Waals surface area contributed by atoms with Gasteiger partial charge in [0.25, 0.3) is 5.91 Å². The SMILES string of the molecule is O=C(NCCOc1ccc2ccccc2c1)C(O)C(O)c1nc2ccccc2s1. The molecule has 4 aromatic rings. The van der Waals surface area contributed by atoms with Crippen molar-refractivity contribution in [3.63, 3.8) is 0 Å². The summed E-state index contributed by atoms with van der Waals surface area (Å²) in [6, 6.07) is 21.2. The number of aliphatic hydroxyl groups excluding tert-OH is 2. The Labute approximate surface area is 171 Å². The second-order valence-corrected chi connectivity index (χ2v) is 7.62. The summed E-state index contributed by atoms with van der Waals surface area (Å²) in [5.74, 6) is 0.0341. The first kappa shape index (κ1) is 19.3. The van der Waals surface area contributed by atoms with Crippen molar-refractivity contribution >= 4 is 38.2 Å². The van der Waals surface area contributed by atoms with Crippen molar-refractivity contribution in [3.05, 3.63) is 71.7 Å². The third-order valence-electron chi connectivity index (χ3n) is 4.52. The number of rotatable bonds is 7. The zero-order valence-electron chi connectivity index (χ0n) is 15.5. The lowest BCUT2D eigenvalue weighted by atomic mass is 10.1. The molecule has 0 aliphatic heterocycles. The fraction of sp³-hybridized carbons (Fsp3) is 0.182. The van der Waals surface area contributed by atoms with E-state index in [9.17, 15) is 15.0 Å². The molecule has 0 spiro atoms. The minimum absolute atomic E-state index is 0.204. The Morgan fingerprint density at radius 1 is 1.03 bits per heavy atom. The number of nitrogens with one attached hydrogen (secondary N) is 1. The van der Waals surface area contributed by atoms with E-state index in [0.717, 1.165) is 21.0 Å². The van der Waals surface area contributed by atoms with Crippen LogP contribution >= 0.6 is 11.3 Å². The number of fused-ring (bicyclic) bond motifs is 2. The molecule has 3 N–H and O–H groups in total. The number of amides is 1. The summed E-state index contributed by atoms with van der Waals surface area (Å²) in [6.45, 7) is 0.448. The maximum atomic E-state index is 12.2. The average Bonchev–Trinajstić information content (AvgIpc) is 3.19. The molecule has 3 aromatic carbocycles. The fourth-order valence-corrected chi connectivity index (χ4v) is 3.98. The van der Waals surface area contributed by atoms with Crippen LogP contribution in [0, 0.1) is 0 Å². The molecular weight excluding hydrogens is 388 g/mol. The van der Waals surface area contributed by atoms with Crippen molar-refractivity contribution in [3.8, 4) is 5.75 Å². The quantitative estimate of drug-likeness (QED) is 0.409. The summed E-state index contributed by atoms with van der Waals surface area (Å²) >= 11 is 1.25. The summed E-state index contributed by atoms with van der Waals surface area (Å²) in [7, 11) is 0. The smallest absolute Gasteiger partial charge is 0.252 e. The van der Waals surface area contributed by atoms with E-state index in [2.05, 4.69) is 10.3 Å². The van der Waals surface area contributed by atoms with Crippen LogP contribution in [0.4, 0.5) is 0 Å². The number of carbonyl (C=O) groups is 1. The van der Waals surface area contributed by atoms with Crippen molar-refractivity contribution in [1.82, 2.24) is 10.3 Å². The average molecular weight is 408 g/mol. The normalized spacial score (nSPS) is 13.3. The molecule has 0 radical (unpaired) electrons. The lowest BCUT2D eigenvalue weighted by Crippen LogP contribution is -2.40. The first-order chi connectivity index (χ1) is 14.1. The first-order valence-electron chi connectivity index (χ1n) is 9.23. The van der Waals surface area contributed by atoms with Gasteiger partial charge in [-0.25, -0.2) is 4.98 Å². The van der Waals surface area contributed by atoms with E-state index in [-0.39, 0.29) is 13.2 Å². The Morgan fingerprint density at radius 3 is 2.62 bits per heavy atom. The molecule has 0 aliphatic rings. The first-order valence-corrected chi connectivity index (χ1v) is 10.0. The van der Waals surface area contributed by atoms with Gasteiger partial charge in [-0.3, -0.25) is 4.79 Å². The molecule has 0 saturated heterocycles. The topological polar surface area (TPSA) is 91.7 Å². The largest absolute Gasteiger partial charge is 0.492 e. The van der Waals surface area contributed by atoms with Gasteiger partial charge in [-0.15, -0.1) is 11.3 Å². The van der Waals surface area contributed by atoms with Gasteiger partial charge < -0.3 is 20.3 Å². The molecule has 2 unspecified atom stereocenters. The van der Waals surface area contributed by atoms with Gasteiger partial charge in [0.2, 0.25) is 0 Å². The third kappa shape index (κ3) is 4.37. The molecule has 1 amide bonds. The van der Waals surface area contributed by atoms with Gasteiger partial charge in [-0.05, 0) is 35.0 Å². The van der Waals surface area contributed by atoms with Gasteiger partial charge in [0.15, 0.2) is 6.10 Å². The minimum atomic E-state index is -1.60. The Hall–Kier alpha value is -3.00. The van der Waals surface area contributed by atoms with Gasteiger partial charge in [-0.1, -0.05) is 42.5 Å². The predicted molar refractivity (Wildman–Crippen MR) is 113 cm³/mol. The Balaban J connectivity index is 1.29. The molecule has 6 nitrogen and oxygen atoms in total. The Kier molecular flexibility index (Phi) is 5.71. The highest BCUT2D eigenvalue weighted by atomic mass is 32.1. The van der Waals surface area contributed by atoms with Crippen LogP contribution in [0.15, 0.2) is 66.7 Å². The number of aromatic nitrogens is 1. The van der Waals surface area contributed by atoms with Crippen LogP contribution in [-0.2, 0) is 4.79 Å². The van der Waals surface area contributed by atoms with Gasteiger partial charge in [0.1, 0.15) is 23.5 Å². The van der Waals surface area contributed by atoms with E-state index >= 15 is 0 Å². The van der Waals surface area contributed by atoms with Gasteiger partial charge >= 0.3 is 0 Å². The zero-order valence-corrected chi connectivity index (χ0v) is 16.3. The molecule has 4 rings (SSSR count). The number of para-hydroxylation sites is 1. The van der Waals surface area contributed by atoms with Crippen LogP contribution < -0.4 is 10.1 Å². The highest BCUT2D eigenvalue weighted by molar-refractivity contribution is 7.18. The maximum absolute atomic E-state index is 12.2. The summed E-state index contributed by atoms with van der Waals surface area (Å²) < 4.78 is 6.55. The fourth-order valence-electron chi connectivity index (χ4n) is 3.00. The molecule has 0 fully saturated rings. The highest BCUT2D eigenvalue weighted by Gasteiger charge is 2.28. The van der Waals surface area contributed by atoms with Gasteiger partial charge in [0, 0.05) is 0 Å². The van der Waals surface area contributed by atoms with Crippen LogP contribution in [0.5, 0.6) is 5.75 Å². The molecular formula is C22H20N2O4S. The number of benzene rings is 3. The van der Waals surface area contributed by atoms with E-state index in [4.69, 9.17) is 4.74 Å². The number of carbonyl (C=O) groups excluding carboxylic acids is 1. The summed E-state index contributed by atoms with van der Waals surface area (Å²) in [5, 5.41) is 25.5. The molecule has 7 heteroatoms. The van der Waals surface area contributed by atoms with Gasteiger partial charge in [-0.2, -0.15) is 0 Å². The second-order valence-electron chi connectivity index (χ2n) is 6.56. The van der Waals surface area contributed by atoms with Crippen LogP contribution in [-0.4, -0.2) is 40.4 Å². The van der Waals surface area contributed by atoms with E-state index in [1.54, 1.807) is 0 Å². The lowest BCUT2D eigenvalue weighted by molar-refractivity contribution is -0.135. The molecule has 2 atom stereocenters. The number of hydrogen-bond acceptors (Lipinski definition) is 6. The predicted octanol–water partition coefficient (Wildman–Crippen LogP) is 3.04. The van der Waals surface area contributed by atoms with Crippen LogP contribution in [0.1, 0.15) is 11.1 Å². The van der Waals surface area contributed by atoms with Crippen molar-refractivity contribution in [2.45, 2.75) is 12.2 Å². The number of aliphatic hydroxyl groups is 2. The van der Waals surface area contributed by atoms with Crippen molar-refractivity contribution in [2.75, 3.05) is 13.2 Å². The number of thiazole rings is 1. The molecule has 0 saturated carbocycles. The van der Waals surface area contributed by atoms with E-state index in [0.29, 0.717) is 10.8 Å². The molecule has 29 heavy (non-hydrogen) atoms. The molecule has 0 aliphatic carbocycles. The maximum Gasteiger partial charge on any atom is 0.252 e. The van der Waals surface area contributed by atoms with Crippen molar-refractivity contribution in [1.29, 1.82) is 0 Å². The highest BCUT2D eigenvalue weighted by Crippen LogP contribution is 2.28. The summed E-state index contributed by atoms with van der Waals surface area (Å²) in [5.41, 5.74) is 0.725.